The molecule has 0 aromatic heterocycles. The van der Waals surface area contributed by atoms with Gasteiger partial charge < -0.3 is 9.80 Å². The van der Waals surface area contributed by atoms with Gasteiger partial charge in [0.15, 0.2) is 0 Å². The minimum Gasteiger partial charge on any atom is -0.311 e. The van der Waals surface area contributed by atoms with E-state index in [9.17, 15) is 35.9 Å². The topological polar surface area (TPSA) is 40.6 Å². The van der Waals surface area contributed by atoms with Crippen LogP contribution >= 0.6 is 25.3 Å². The largest absolute Gasteiger partial charge is 0.421 e. The number of carbonyl (C=O) groups excluding carboxylic acids is 2. The van der Waals surface area contributed by atoms with Gasteiger partial charge in [0, 0.05) is 17.9 Å². The molecule has 0 aliphatic carbocycles. The summed E-state index contributed by atoms with van der Waals surface area (Å²) in [7, 11) is 0. The smallest absolute Gasteiger partial charge is 0.311 e. The molecule has 0 unspecified atom stereocenters. The van der Waals surface area contributed by atoms with E-state index in [1.807, 2.05) is 0 Å². The first kappa shape index (κ1) is 26.9. The maximum absolute atomic E-state index is 14.3. The Balaban J connectivity index is 2.78. The van der Waals surface area contributed by atoms with E-state index in [1.54, 1.807) is 0 Å². The maximum Gasteiger partial charge on any atom is 0.421 e. The summed E-state index contributed by atoms with van der Waals surface area (Å²) in [6, 6.07) is 13.0. The Morgan fingerprint density at radius 3 is 1.45 bits per heavy atom. The third-order valence-corrected chi connectivity index (χ3v) is 5.40. The van der Waals surface area contributed by atoms with Crippen molar-refractivity contribution in [2.24, 2.45) is 5.41 Å². The molecule has 2 aromatic carbocycles. The number of benzene rings is 2. The number of amides is 2. The zero-order valence-electron chi connectivity index (χ0n) is 17.0. The fourth-order valence-corrected chi connectivity index (χ4v) is 3.63. The van der Waals surface area contributed by atoms with Gasteiger partial charge in [-0.2, -0.15) is 51.6 Å². The van der Waals surface area contributed by atoms with Crippen molar-refractivity contribution in [3.05, 3.63) is 60.7 Å². The van der Waals surface area contributed by atoms with E-state index < -0.39 is 42.0 Å². The molecule has 33 heavy (non-hydrogen) atoms. The number of thiol groups is 2. The van der Waals surface area contributed by atoms with Crippen molar-refractivity contribution in [2.45, 2.75) is 18.8 Å². The third-order valence-electron chi connectivity index (χ3n) is 4.80. The molecule has 0 radical (unpaired) electrons. The SMILES string of the molecule is O=C(N(CS)c1ccccc1)C(C(=O)N(CCCS)c1ccccc1)(C(F)(F)F)C(F)(F)F. The van der Waals surface area contributed by atoms with Crippen molar-refractivity contribution in [1.29, 1.82) is 0 Å². The fourth-order valence-electron chi connectivity index (χ4n) is 3.20. The quantitative estimate of drug-likeness (QED) is 0.217. The number of hydrogen-bond acceptors (Lipinski definition) is 4. The number of hydrogen-bond donors (Lipinski definition) is 2. The van der Waals surface area contributed by atoms with Crippen molar-refractivity contribution < 1.29 is 35.9 Å². The molecule has 0 N–H and O–H groups in total. The van der Waals surface area contributed by atoms with Crippen molar-refractivity contribution in [3.8, 4) is 0 Å². The molecular weight excluding hydrogens is 490 g/mol. The molecule has 0 bridgehead atoms. The molecule has 12 heteroatoms. The van der Waals surface area contributed by atoms with Gasteiger partial charge in [-0.25, -0.2) is 0 Å². The molecule has 2 amide bonds. The number of halogens is 6. The van der Waals surface area contributed by atoms with E-state index >= 15 is 0 Å². The molecule has 2 rings (SSSR count). The Morgan fingerprint density at radius 2 is 1.09 bits per heavy atom. The lowest BCUT2D eigenvalue weighted by Crippen LogP contribution is -2.68. The highest BCUT2D eigenvalue weighted by molar-refractivity contribution is 7.80. The Bertz CT molecular complexity index is 925. The second-order valence-corrected chi connectivity index (χ2v) is 7.56. The van der Waals surface area contributed by atoms with Crippen molar-refractivity contribution in [1.82, 2.24) is 0 Å². The van der Waals surface area contributed by atoms with E-state index in [4.69, 9.17) is 0 Å². The first-order valence-corrected chi connectivity index (χ1v) is 10.8. The van der Waals surface area contributed by atoms with Crippen LogP contribution in [0.1, 0.15) is 6.42 Å². The van der Waals surface area contributed by atoms with Crippen LogP contribution in [0.25, 0.3) is 0 Å². The van der Waals surface area contributed by atoms with Gasteiger partial charge >= 0.3 is 17.8 Å². The molecular formula is C21H20F6N2O2S2. The van der Waals surface area contributed by atoms with Gasteiger partial charge in [-0.3, -0.25) is 9.59 Å². The highest BCUT2D eigenvalue weighted by Crippen LogP contribution is 2.53. The molecule has 0 aliphatic heterocycles. The van der Waals surface area contributed by atoms with Crippen LogP contribution in [-0.4, -0.2) is 42.3 Å². The van der Waals surface area contributed by atoms with E-state index in [1.165, 1.54) is 48.5 Å². The Morgan fingerprint density at radius 1 is 0.697 bits per heavy atom. The molecule has 0 saturated heterocycles. The predicted octanol–water partition coefficient (Wildman–Crippen LogP) is 5.37. The monoisotopic (exact) mass is 510 g/mol. The highest BCUT2D eigenvalue weighted by atomic mass is 32.1. The van der Waals surface area contributed by atoms with E-state index in [0.717, 1.165) is 12.1 Å². The summed E-state index contributed by atoms with van der Waals surface area (Å²) >= 11 is 7.70. The van der Waals surface area contributed by atoms with Crippen LogP contribution in [0.3, 0.4) is 0 Å². The van der Waals surface area contributed by atoms with Gasteiger partial charge in [-0.05, 0) is 36.4 Å². The Labute approximate surface area is 197 Å². The lowest BCUT2D eigenvalue weighted by Gasteiger charge is -2.40. The standard InChI is InChI=1S/C21H20F6N2O2S2/c22-20(23,24)19(21(25,26)27,18(31)29(14-33)16-10-5-2-6-11-16)17(30)28(12-7-13-32)15-8-3-1-4-9-15/h1-6,8-11,32-33H,7,12-14H2. The minimum atomic E-state index is -6.30. The molecule has 0 spiro atoms. The highest BCUT2D eigenvalue weighted by Gasteiger charge is 2.81. The van der Waals surface area contributed by atoms with Crippen LogP contribution < -0.4 is 9.80 Å². The van der Waals surface area contributed by atoms with Crippen molar-refractivity contribution >= 4 is 48.4 Å². The first-order valence-electron chi connectivity index (χ1n) is 9.52. The van der Waals surface area contributed by atoms with Crippen LogP contribution in [0, 0.1) is 5.41 Å². The second-order valence-electron chi connectivity index (χ2n) is 6.83. The number of para-hydroxylation sites is 2. The van der Waals surface area contributed by atoms with E-state index in [2.05, 4.69) is 25.3 Å². The fraction of sp³-hybridized carbons (Fsp3) is 0.333. The maximum atomic E-state index is 14.3. The van der Waals surface area contributed by atoms with Crippen LogP contribution in [0.5, 0.6) is 0 Å². The van der Waals surface area contributed by atoms with Crippen LogP contribution in [0.15, 0.2) is 60.7 Å². The van der Waals surface area contributed by atoms with Gasteiger partial charge in [-0.15, -0.1) is 0 Å². The zero-order valence-corrected chi connectivity index (χ0v) is 18.8. The predicted molar refractivity (Wildman–Crippen MR) is 120 cm³/mol. The lowest BCUT2D eigenvalue weighted by molar-refractivity contribution is -0.310. The summed E-state index contributed by atoms with van der Waals surface area (Å²) in [5.41, 5.74) is -5.85. The third kappa shape index (κ3) is 5.26. The lowest BCUT2D eigenvalue weighted by atomic mass is 9.82. The second kappa shape index (κ2) is 10.7. The summed E-state index contributed by atoms with van der Waals surface area (Å²) in [6.45, 7) is -0.514. The van der Waals surface area contributed by atoms with Gasteiger partial charge in [-0.1, -0.05) is 36.4 Å². The summed E-state index contributed by atoms with van der Waals surface area (Å²) in [6.07, 6.45) is -12.6. The number of nitrogens with zero attached hydrogens (tertiary/aromatic N) is 2. The van der Waals surface area contributed by atoms with Crippen LogP contribution in [0.4, 0.5) is 37.7 Å². The summed E-state index contributed by atoms with van der Waals surface area (Å²) in [5, 5.41) is 0. The van der Waals surface area contributed by atoms with E-state index in [-0.39, 0.29) is 28.4 Å². The molecule has 0 saturated carbocycles. The first-order chi connectivity index (χ1) is 15.4. The number of anilines is 2. The van der Waals surface area contributed by atoms with Gasteiger partial charge in [0.2, 0.25) is 0 Å². The summed E-state index contributed by atoms with van der Waals surface area (Å²) in [5.74, 6) is -5.67. The molecule has 0 aliphatic rings. The Kier molecular flexibility index (Phi) is 8.75. The molecule has 0 heterocycles. The average Bonchev–Trinajstić information content (AvgIpc) is 2.74. The van der Waals surface area contributed by atoms with Crippen molar-refractivity contribution in [3.63, 3.8) is 0 Å². The normalized spacial score (nSPS) is 12.4. The average molecular weight is 511 g/mol. The van der Waals surface area contributed by atoms with E-state index in [0.29, 0.717) is 4.90 Å². The molecule has 2 aromatic rings. The van der Waals surface area contributed by atoms with Gasteiger partial charge in [0.25, 0.3) is 11.8 Å². The van der Waals surface area contributed by atoms with Crippen LogP contribution in [-0.2, 0) is 9.59 Å². The molecule has 0 atom stereocenters. The van der Waals surface area contributed by atoms with Gasteiger partial charge in [0.1, 0.15) is 0 Å². The summed E-state index contributed by atoms with van der Waals surface area (Å²) < 4.78 is 86.0. The number of alkyl halides is 6. The van der Waals surface area contributed by atoms with Crippen molar-refractivity contribution in [2.75, 3.05) is 28.0 Å². The number of rotatable bonds is 8. The van der Waals surface area contributed by atoms with Crippen LogP contribution in [0.2, 0.25) is 0 Å². The van der Waals surface area contributed by atoms with Gasteiger partial charge in [0.05, 0.1) is 5.88 Å². The molecule has 180 valence electrons. The Hall–Kier alpha value is -2.34. The zero-order chi connectivity index (χ0) is 24.9. The summed E-state index contributed by atoms with van der Waals surface area (Å²) in [4.78, 5) is 26.9. The molecule has 0 fully saturated rings. The minimum absolute atomic E-state index is 0.0152. The molecule has 4 nitrogen and oxygen atoms in total. The number of carbonyl (C=O) groups is 2.